The number of ether oxygens (including phenoxy) is 1. The molecule has 0 saturated carbocycles. The molecule has 136 valence electrons. The summed E-state index contributed by atoms with van der Waals surface area (Å²) in [6.07, 6.45) is 2.05. The molecule has 0 N–H and O–H groups in total. The van der Waals surface area contributed by atoms with E-state index in [1.807, 2.05) is 13.8 Å². The quantitative estimate of drug-likeness (QED) is 0.751. The Morgan fingerprint density at radius 1 is 1.28 bits per heavy atom. The number of carboxylic acids is 1. The Morgan fingerprint density at radius 3 is 2.48 bits per heavy atom. The largest absolute Gasteiger partial charge is 0.548 e. The molecule has 2 saturated heterocycles. The molecule has 2 aliphatic rings. The van der Waals surface area contributed by atoms with Crippen molar-refractivity contribution in [1.29, 1.82) is 0 Å². The Hall–Kier alpha value is -2.35. The van der Waals surface area contributed by atoms with Gasteiger partial charge in [0.1, 0.15) is 5.72 Å². The normalized spacial score (nSPS) is 22.6. The van der Waals surface area contributed by atoms with Crippen molar-refractivity contribution in [3.8, 4) is 0 Å². The summed E-state index contributed by atoms with van der Waals surface area (Å²) >= 11 is 0. The number of carbonyl (C=O) groups is 3. The predicted molar refractivity (Wildman–Crippen MR) is 83.0 cm³/mol. The van der Waals surface area contributed by atoms with Crippen LogP contribution in [0.5, 0.6) is 0 Å². The van der Waals surface area contributed by atoms with Gasteiger partial charge in [-0.2, -0.15) is 0 Å². The number of hydrogen-bond donors (Lipinski definition) is 0. The Labute approximate surface area is 145 Å². The predicted octanol–water partition coefficient (Wildman–Crippen LogP) is -0.155. The van der Waals surface area contributed by atoms with Crippen molar-refractivity contribution in [1.82, 2.24) is 9.80 Å². The first-order valence-corrected chi connectivity index (χ1v) is 8.36. The van der Waals surface area contributed by atoms with Crippen LogP contribution in [0.25, 0.3) is 0 Å². The lowest BCUT2D eigenvalue weighted by Gasteiger charge is -2.44. The zero-order valence-corrected chi connectivity index (χ0v) is 14.3. The molecule has 2 fully saturated rings. The van der Waals surface area contributed by atoms with Crippen LogP contribution in [0.3, 0.4) is 0 Å². The van der Waals surface area contributed by atoms with E-state index >= 15 is 0 Å². The van der Waals surface area contributed by atoms with E-state index in [0.717, 1.165) is 0 Å². The first-order chi connectivity index (χ1) is 11.9. The third kappa shape index (κ3) is 3.02. The van der Waals surface area contributed by atoms with Crippen LogP contribution < -0.4 is 5.11 Å². The van der Waals surface area contributed by atoms with Gasteiger partial charge < -0.3 is 24.0 Å². The Balaban J connectivity index is 1.84. The van der Waals surface area contributed by atoms with Gasteiger partial charge in [-0.15, -0.1) is 0 Å². The molecule has 0 aliphatic carbocycles. The molecular weight excluding hydrogens is 328 g/mol. The van der Waals surface area contributed by atoms with E-state index in [4.69, 9.17) is 9.15 Å². The molecule has 8 nitrogen and oxygen atoms in total. The van der Waals surface area contributed by atoms with E-state index in [2.05, 4.69) is 0 Å². The first-order valence-electron chi connectivity index (χ1n) is 8.36. The lowest BCUT2D eigenvalue weighted by atomic mass is 9.96. The second kappa shape index (κ2) is 6.51. The zero-order valence-electron chi connectivity index (χ0n) is 14.3. The van der Waals surface area contributed by atoms with Crippen molar-refractivity contribution in [3.63, 3.8) is 0 Å². The lowest BCUT2D eigenvalue weighted by Crippen LogP contribution is -2.60. The van der Waals surface area contributed by atoms with E-state index in [0.29, 0.717) is 25.9 Å². The van der Waals surface area contributed by atoms with E-state index in [1.54, 1.807) is 11.0 Å². The lowest BCUT2D eigenvalue weighted by molar-refractivity contribution is -0.310. The Bertz CT molecular complexity index is 661. The molecule has 1 aromatic rings. The van der Waals surface area contributed by atoms with Crippen LogP contribution >= 0.6 is 0 Å². The third-order valence-electron chi connectivity index (χ3n) is 4.83. The highest BCUT2D eigenvalue weighted by Crippen LogP contribution is 2.38. The minimum absolute atomic E-state index is 0.0354. The molecule has 1 aromatic heterocycles. The minimum atomic E-state index is -1.36. The fourth-order valence-corrected chi connectivity index (χ4v) is 3.51. The van der Waals surface area contributed by atoms with Gasteiger partial charge in [0.05, 0.1) is 24.9 Å². The van der Waals surface area contributed by atoms with Gasteiger partial charge in [0.2, 0.25) is 5.91 Å². The number of likely N-dealkylation sites (tertiary alicyclic amines) is 1. The fourth-order valence-electron chi connectivity index (χ4n) is 3.51. The summed E-state index contributed by atoms with van der Waals surface area (Å²) < 4.78 is 10.9. The van der Waals surface area contributed by atoms with Crippen molar-refractivity contribution >= 4 is 17.8 Å². The van der Waals surface area contributed by atoms with Crippen LogP contribution in [-0.2, 0) is 14.3 Å². The molecule has 2 amide bonds. The van der Waals surface area contributed by atoms with E-state index in [-0.39, 0.29) is 24.2 Å². The smallest absolute Gasteiger partial charge is 0.292 e. The number of carbonyl (C=O) groups excluding carboxylic acids is 3. The summed E-state index contributed by atoms with van der Waals surface area (Å²) in [4.78, 5) is 39.4. The minimum Gasteiger partial charge on any atom is -0.548 e. The van der Waals surface area contributed by atoms with Crippen LogP contribution in [-0.4, -0.2) is 59.0 Å². The highest BCUT2D eigenvalue weighted by Gasteiger charge is 2.53. The molecule has 0 aromatic carbocycles. The molecule has 8 heteroatoms. The summed E-state index contributed by atoms with van der Waals surface area (Å²) in [6, 6.07) is 1.87. The number of amides is 2. The summed E-state index contributed by atoms with van der Waals surface area (Å²) in [6.45, 7) is 4.33. The second-order valence-electron chi connectivity index (χ2n) is 6.72. The van der Waals surface area contributed by atoms with Gasteiger partial charge in [-0.25, -0.2) is 0 Å². The number of carboxylic acid groups (broad SMARTS) is 1. The van der Waals surface area contributed by atoms with Crippen molar-refractivity contribution in [2.24, 2.45) is 5.92 Å². The van der Waals surface area contributed by atoms with Crippen LogP contribution in [0, 0.1) is 5.92 Å². The highest BCUT2D eigenvalue weighted by molar-refractivity contribution is 5.95. The first kappa shape index (κ1) is 17.5. The molecule has 25 heavy (non-hydrogen) atoms. The number of hydrogen-bond acceptors (Lipinski definition) is 6. The van der Waals surface area contributed by atoms with Gasteiger partial charge >= 0.3 is 0 Å². The number of piperidine rings is 1. The summed E-state index contributed by atoms with van der Waals surface area (Å²) in [5.41, 5.74) is -1.05. The van der Waals surface area contributed by atoms with Gasteiger partial charge in [-0.3, -0.25) is 14.5 Å². The SMILES string of the molecule is CC(C)C(=O)N1CCC2(CC1)OC[C@H](C(=O)[O-])N2C(=O)c1ccco1. The molecule has 1 spiro atoms. The zero-order chi connectivity index (χ0) is 18.2. The standard InChI is InChI=1S/C17H22N2O6/c1-11(2)14(20)18-7-5-17(6-8-18)19(12(10-25-17)16(22)23)15(21)13-4-3-9-24-13/h3-4,9,11-12H,5-8,10H2,1-2H3,(H,22,23)/p-1/t12-/m1/s1. The van der Waals surface area contributed by atoms with Crippen molar-refractivity contribution in [2.75, 3.05) is 19.7 Å². The van der Waals surface area contributed by atoms with E-state index < -0.39 is 23.6 Å². The van der Waals surface area contributed by atoms with Crippen LogP contribution in [0.2, 0.25) is 0 Å². The van der Waals surface area contributed by atoms with E-state index in [1.165, 1.54) is 17.2 Å². The topological polar surface area (TPSA) is 103 Å². The molecular formula is C17H21N2O6-. The van der Waals surface area contributed by atoms with Crippen molar-refractivity contribution < 1.29 is 28.6 Å². The summed E-state index contributed by atoms with van der Waals surface area (Å²) in [7, 11) is 0. The van der Waals surface area contributed by atoms with Crippen molar-refractivity contribution in [2.45, 2.75) is 38.5 Å². The van der Waals surface area contributed by atoms with Gasteiger partial charge in [0, 0.05) is 31.8 Å². The maximum Gasteiger partial charge on any atom is 0.292 e. The number of nitrogens with zero attached hydrogens (tertiary/aromatic N) is 2. The molecule has 0 bridgehead atoms. The Kier molecular flexibility index (Phi) is 4.55. The second-order valence-corrected chi connectivity index (χ2v) is 6.72. The molecule has 3 rings (SSSR count). The van der Waals surface area contributed by atoms with E-state index in [9.17, 15) is 19.5 Å². The molecule has 1 atom stereocenters. The summed E-state index contributed by atoms with van der Waals surface area (Å²) in [5.74, 6) is -1.93. The third-order valence-corrected chi connectivity index (χ3v) is 4.83. The average Bonchev–Trinajstić information content (AvgIpc) is 3.23. The average molecular weight is 349 g/mol. The van der Waals surface area contributed by atoms with Gasteiger partial charge in [-0.05, 0) is 12.1 Å². The highest BCUT2D eigenvalue weighted by atomic mass is 16.5. The maximum atomic E-state index is 12.8. The number of furan rings is 1. The maximum absolute atomic E-state index is 12.8. The van der Waals surface area contributed by atoms with Gasteiger partial charge in [-0.1, -0.05) is 13.8 Å². The van der Waals surface area contributed by atoms with Crippen LogP contribution in [0.15, 0.2) is 22.8 Å². The molecule has 0 unspecified atom stereocenters. The van der Waals surface area contributed by atoms with Crippen LogP contribution in [0.1, 0.15) is 37.2 Å². The molecule has 0 radical (unpaired) electrons. The number of rotatable bonds is 3. The van der Waals surface area contributed by atoms with Crippen molar-refractivity contribution in [3.05, 3.63) is 24.2 Å². The Morgan fingerprint density at radius 2 is 1.96 bits per heavy atom. The molecule has 2 aliphatic heterocycles. The molecule has 3 heterocycles. The monoisotopic (exact) mass is 349 g/mol. The fraction of sp³-hybridized carbons (Fsp3) is 0.588. The van der Waals surface area contributed by atoms with Gasteiger partial charge in [0.15, 0.2) is 5.76 Å². The summed E-state index contributed by atoms with van der Waals surface area (Å²) in [5, 5.41) is 11.5. The van der Waals surface area contributed by atoms with Gasteiger partial charge in [0.25, 0.3) is 5.91 Å². The number of aliphatic carboxylic acids is 1. The van der Waals surface area contributed by atoms with Crippen LogP contribution in [0.4, 0.5) is 0 Å².